The van der Waals surface area contributed by atoms with E-state index in [-0.39, 0.29) is 36.3 Å². The first-order valence-electron chi connectivity index (χ1n) is 10.6. The minimum Gasteiger partial charge on any atom is -0.386 e. The molecule has 162 valence electrons. The predicted octanol–water partition coefficient (Wildman–Crippen LogP) is 6.23. The largest absolute Gasteiger partial charge is 0.386 e. The molecule has 0 spiro atoms. The fourth-order valence-electron chi connectivity index (χ4n) is 5.90. The van der Waals surface area contributed by atoms with E-state index in [2.05, 4.69) is 6.92 Å². The Kier molecular flexibility index (Phi) is 5.20. The number of aliphatic hydroxyl groups is 1. The molecule has 1 nitrogen and oxygen atoms in total. The van der Waals surface area contributed by atoms with Gasteiger partial charge in [-0.2, -0.15) is 8.78 Å². The van der Waals surface area contributed by atoms with Gasteiger partial charge in [0.2, 0.25) is 0 Å². The van der Waals surface area contributed by atoms with Crippen molar-refractivity contribution in [3.8, 4) is 0 Å². The highest BCUT2D eigenvalue weighted by Crippen LogP contribution is 2.57. The summed E-state index contributed by atoms with van der Waals surface area (Å²) in [6.07, 6.45) is 2.08. The molecule has 0 saturated heterocycles. The van der Waals surface area contributed by atoms with Gasteiger partial charge in [0.25, 0.3) is 5.92 Å². The first kappa shape index (κ1) is 21.0. The molecule has 0 amide bonds. The second kappa shape index (κ2) is 7.17. The normalized spacial score (nSPS) is 32.7. The highest BCUT2D eigenvalue weighted by molar-refractivity contribution is 5.51. The summed E-state index contributed by atoms with van der Waals surface area (Å²) in [4.78, 5) is 0. The Morgan fingerprint density at radius 2 is 1.45 bits per heavy atom. The van der Waals surface area contributed by atoms with Crippen LogP contribution in [0.2, 0.25) is 0 Å². The van der Waals surface area contributed by atoms with Crippen molar-refractivity contribution in [2.24, 2.45) is 17.8 Å². The smallest absolute Gasteiger partial charge is 0.301 e. The van der Waals surface area contributed by atoms with Gasteiger partial charge in [-0.3, -0.25) is 0 Å². The van der Waals surface area contributed by atoms with Crippen molar-refractivity contribution in [2.75, 3.05) is 0 Å². The van der Waals surface area contributed by atoms with Crippen molar-refractivity contribution in [1.82, 2.24) is 0 Å². The van der Waals surface area contributed by atoms with Crippen LogP contribution < -0.4 is 0 Å². The molecule has 1 N–H and O–H groups in total. The highest BCUT2D eigenvalue weighted by atomic mass is 19.3. The van der Waals surface area contributed by atoms with Crippen LogP contribution in [0.4, 0.5) is 26.3 Å². The van der Waals surface area contributed by atoms with Gasteiger partial charge in [-0.1, -0.05) is 32.6 Å². The highest BCUT2D eigenvalue weighted by Gasteiger charge is 2.58. The van der Waals surface area contributed by atoms with Crippen LogP contribution in [0.1, 0.15) is 74.1 Å². The number of alkyl halides is 4. The lowest BCUT2D eigenvalue weighted by Gasteiger charge is -2.34. The third-order valence-corrected chi connectivity index (χ3v) is 7.40. The number of benzene rings is 1. The molecule has 0 bridgehead atoms. The summed E-state index contributed by atoms with van der Waals surface area (Å²) >= 11 is 0. The zero-order valence-electron chi connectivity index (χ0n) is 16.4. The monoisotopic (exact) mass is 420 g/mol. The van der Waals surface area contributed by atoms with Crippen molar-refractivity contribution < 1.29 is 31.4 Å². The number of fused-ring (bicyclic) bond motifs is 3. The molecule has 2 atom stereocenters. The molecule has 1 saturated carbocycles. The van der Waals surface area contributed by atoms with Crippen LogP contribution in [0, 0.1) is 29.4 Å². The number of halogens is 6. The van der Waals surface area contributed by atoms with E-state index in [0.717, 1.165) is 25.7 Å². The van der Waals surface area contributed by atoms with Crippen LogP contribution >= 0.6 is 0 Å². The molecule has 0 radical (unpaired) electrons. The zero-order chi connectivity index (χ0) is 21.1. The van der Waals surface area contributed by atoms with Crippen molar-refractivity contribution in [1.29, 1.82) is 0 Å². The number of hydrogen-bond acceptors (Lipinski definition) is 1. The molecule has 0 aliphatic heterocycles. The molecule has 1 fully saturated rings. The maximum atomic E-state index is 15.3. The summed E-state index contributed by atoms with van der Waals surface area (Å²) in [6.45, 7) is 2.08. The number of hydrogen-bond donors (Lipinski definition) is 1. The van der Waals surface area contributed by atoms with E-state index in [0.29, 0.717) is 18.8 Å². The first-order valence-corrected chi connectivity index (χ1v) is 10.6. The molecule has 7 heteroatoms. The van der Waals surface area contributed by atoms with Gasteiger partial charge < -0.3 is 5.11 Å². The van der Waals surface area contributed by atoms with Crippen LogP contribution in [-0.4, -0.2) is 11.2 Å². The standard InChI is InChI=1S/C22H26F6O/c1-2-3-11-4-6-12(7-5-11)15-10-14-13-8-9-16(29)22(27,28)17(13)19(23)20(24)18(14)21(15,25)26/h11-12,15-16,29H,2-10H2,1H3. The fourth-order valence-corrected chi connectivity index (χ4v) is 5.90. The molecule has 1 aromatic carbocycles. The second-order valence-electron chi connectivity index (χ2n) is 9.02. The topological polar surface area (TPSA) is 20.2 Å². The first-order chi connectivity index (χ1) is 13.6. The zero-order valence-corrected chi connectivity index (χ0v) is 16.4. The molecule has 1 aromatic rings. The minimum absolute atomic E-state index is 0.155. The third kappa shape index (κ3) is 3.10. The summed E-state index contributed by atoms with van der Waals surface area (Å²) in [5.41, 5.74) is -2.63. The van der Waals surface area contributed by atoms with Crippen LogP contribution in [0.3, 0.4) is 0 Å². The van der Waals surface area contributed by atoms with Crippen LogP contribution in [0.25, 0.3) is 0 Å². The van der Waals surface area contributed by atoms with Crippen molar-refractivity contribution in [2.45, 2.75) is 82.7 Å². The second-order valence-corrected chi connectivity index (χ2v) is 9.02. The Morgan fingerprint density at radius 3 is 2.03 bits per heavy atom. The van der Waals surface area contributed by atoms with Crippen molar-refractivity contribution in [3.63, 3.8) is 0 Å². The molecular formula is C22H26F6O. The molecule has 0 heterocycles. The van der Waals surface area contributed by atoms with Crippen LogP contribution in [0.15, 0.2) is 0 Å². The van der Waals surface area contributed by atoms with Gasteiger partial charge >= 0.3 is 5.92 Å². The van der Waals surface area contributed by atoms with E-state index in [1.54, 1.807) is 0 Å². The SMILES string of the molecule is CCCC1CCC(C2Cc3c4c(c(F)c(F)c3C2(F)F)C(F)(F)C(O)CC4)CC1. The quantitative estimate of drug-likeness (QED) is 0.575. The summed E-state index contributed by atoms with van der Waals surface area (Å²) in [6, 6.07) is 0. The predicted molar refractivity (Wildman–Crippen MR) is 96.0 cm³/mol. The van der Waals surface area contributed by atoms with E-state index in [1.165, 1.54) is 0 Å². The summed E-state index contributed by atoms with van der Waals surface area (Å²) in [7, 11) is 0. The molecule has 29 heavy (non-hydrogen) atoms. The summed E-state index contributed by atoms with van der Waals surface area (Å²) in [5.74, 6) is -12.4. The Bertz CT molecular complexity index is 797. The van der Waals surface area contributed by atoms with E-state index < -0.39 is 46.6 Å². The van der Waals surface area contributed by atoms with Gasteiger partial charge in [0.1, 0.15) is 6.10 Å². The lowest BCUT2D eigenvalue weighted by molar-refractivity contribution is -0.126. The van der Waals surface area contributed by atoms with Crippen LogP contribution in [-0.2, 0) is 24.7 Å². The lowest BCUT2D eigenvalue weighted by atomic mass is 9.73. The van der Waals surface area contributed by atoms with E-state index in [4.69, 9.17) is 0 Å². The number of aliphatic hydroxyl groups excluding tert-OH is 1. The van der Waals surface area contributed by atoms with Gasteiger partial charge in [-0.05, 0) is 55.1 Å². The third-order valence-electron chi connectivity index (χ3n) is 7.40. The van der Waals surface area contributed by atoms with Gasteiger partial charge in [0.15, 0.2) is 11.6 Å². The Hall–Kier alpha value is -1.24. The minimum atomic E-state index is -3.99. The molecular weight excluding hydrogens is 394 g/mol. The van der Waals surface area contributed by atoms with E-state index in [1.807, 2.05) is 0 Å². The Morgan fingerprint density at radius 1 is 0.862 bits per heavy atom. The van der Waals surface area contributed by atoms with Gasteiger partial charge in [-0.15, -0.1) is 0 Å². The number of rotatable bonds is 3. The Labute approximate surface area is 166 Å². The van der Waals surface area contributed by atoms with Crippen molar-refractivity contribution >= 4 is 0 Å². The van der Waals surface area contributed by atoms with Gasteiger partial charge in [-0.25, -0.2) is 17.6 Å². The van der Waals surface area contributed by atoms with Gasteiger partial charge in [0, 0.05) is 5.92 Å². The molecule has 3 aliphatic rings. The fraction of sp³-hybridized carbons (Fsp3) is 0.727. The van der Waals surface area contributed by atoms with Crippen molar-refractivity contribution in [3.05, 3.63) is 33.9 Å². The average molecular weight is 420 g/mol. The molecule has 0 aromatic heterocycles. The van der Waals surface area contributed by atoms with E-state index in [9.17, 15) is 22.7 Å². The van der Waals surface area contributed by atoms with E-state index >= 15 is 8.78 Å². The van der Waals surface area contributed by atoms with Gasteiger partial charge in [0.05, 0.1) is 11.1 Å². The van der Waals surface area contributed by atoms with Crippen LogP contribution in [0.5, 0.6) is 0 Å². The maximum absolute atomic E-state index is 15.3. The summed E-state index contributed by atoms with van der Waals surface area (Å²) in [5, 5.41) is 9.59. The lowest BCUT2D eigenvalue weighted by Crippen LogP contribution is -2.38. The molecule has 3 aliphatic carbocycles. The average Bonchev–Trinajstić information content (AvgIpc) is 2.94. The Balaban J connectivity index is 1.72. The molecule has 4 rings (SSSR count). The molecule has 2 unspecified atom stereocenters. The maximum Gasteiger partial charge on any atom is 0.301 e. The summed E-state index contributed by atoms with van der Waals surface area (Å²) < 4.78 is 88.6.